The summed E-state index contributed by atoms with van der Waals surface area (Å²) in [6.07, 6.45) is -10.7. The summed E-state index contributed by atoms with van der Waals surface area (Å²) in [4.78, 5) is 30.0. The van der Waals surface area contributed by atoms with E-state index in [0.717, 1.165) is 0 Å². The smallest absolute Gasteiger partial charge is 0.416 e. The molecule has 0 aliphatic carbocycles. The van der Waals surface area contributed by atoms with Gasteiger partial charge in [0.1, 0.15) is 0 Å². The maximum absolute atomic E-state index is 14.4. The van der Waals surface area contributed by atoms with Gasteiger partial charge in [-0.05, 0) is 61.2 Å². The lowest BCUT2D eigenvalue weighted by molar-refractivity contribution is -0.143. The van der Waals surface area contributed by atoms with E-state index in [2.05, 4.69) is 0 Å². The standard InChI is InChI=1S/C32H32F6N2O5/c1-5-45-30(42)40-19(2)11-25(24-15-27(43-3)28(44-4)16-26(24)40)29(41)39(17-20-9-7-6-8-10-20)18-21-12-22(31(33,34)35)14-23(13-21)32(36,37)38/h6-10,12-16,19,25H,5,11,17-18H2,1-4H3. The van der Waals surface area contributed by atoms with Crippen molar-refractivity contribution in [3.05, 3.63) is 88.5 Å². The monoisotopic (exact) mass is 638 g/mol. The SMILES string of the molecule is CCOC(=O)N1c2cc(OC)c(OC)cc2C(C(=O)N(Cc2ccccc2)Cc2cc(C(F)(F)F)cc(C(F)(F)F)c2)CC1C. The molecule has 2 atom stereocenters. The Hall–Kier alpha value is -4.42. The summed E-state index contributed by atoms with van der Waals surface area (Å²) in [6, 6.07) is 12.3. The molecule has 0 N–H and O–H groups in total. The van der Waals surface area contributed by atoms with Crippen molar-refractivity contribution in [2.24, 2.45) is 0 Å². The van der Waals surface area contributed by atoms with Crippen molar-refractivity contribution in [1.29, 1.82) is 0 Å². The van der Waals surface area contributed by atoms with E-state index in [1.54, 1.807) is 50.2 Å². The van der Waals surface area contributed by atoms with Crippen LogP contribution in [0.25, 0.3) is 0 Å². The van der Waals surface area contributed by atoms with E-state index >= 15 is 0 Å². The van der Waals surface area contributed by atoms with Crippen LogP contribution in [0.3, 0.4) is 0 Å². The maximum Gasteiger partial charge on any atom is 0.416 e. The molecule has 4 rings (SSSR count). The minimum absolute atomic E-state index is 0.0511. The minimum Gasteiger partial charge on any atom is -0.493 e. The zero-order chi connectivity index (χ0) is 33.1. The molecule has 3 aromatic carbocycles. The number of hydrogen-bond donors (Lipinski definition) is 0. The summed E-state index contributed by atoms with van der Waals surface area (Å²) < 4.78 is 98.1. The predicted octanol–water partition coefficient (Wildman–Crippen LogP) is 7.81. The van der Waals surface area contributed by atoms with Crippen LogP contribution in [-0.4, -0.2) is 43.8 Å². The zero-order valence-corrected chi connectivity index (χ0v) is 25.0. The normalized spacial score (nSPS) is 16.5. The number of carbonyl (C=O) groups is 2. The van der Waals surface area contributed by atoms with Crippen molar-refractivity contribution in [2.45, 2.75) is 57.7 Å². The van der Waals surface area contributed by atoms with E-state index in [1.165, 1.54) is 30.1 Å². The van der Waals surface area contributed by atoms with E-state index < -0.39 is 54.0 Å². The second-order valence-electron chi connectivity index (χ2n) is 10.6. The Bertz CT molecular complexity index is 1490. The number of methoxy groups -OCH3 is 2. The van der Waals surface area contributed by atoms with E-state index in [-0.39, 0.29) is 42.7 Å². The molecule has 0 saturated heterocycles. The van der Waals surface area contributed by atoms with E-state index in [1.807, 2.05) is 0 Å². The van der Waals surface area contributed by atoms with Crippen LogP contribution in [0, 0.1) is 0 Å². The Kier molecular flexibility index (Phi) is 9.89. The van der Waals surface area contributed by atoms with Gasteiger partial charge in [0.2, 0.25) is 5.91 Å². The topological polar surface area (TPSA) is 68.3 Å². The molecule has 0 radical (unpaired) electrons. The van der Waals surface area contributed by atoms with Gasteiger partial charge in [0.15, 0.2) is 11.5 Å². The number of anilines is 1. The third kappa shape index (κ3) is 7.46. The first kappa shape index (κ1) is 33.5. The van der Waals surface area contributed by atoms with Crippen LogP contribution >= 0.6 is 0 Å². The lowest BCUT2D eigenvalue weighted by atomic mass is 9.84. The number of hydrogen-bond acceptors (Lipinski definition) is 5. The Morgan fingerprint density at radius 1 is 0.844 bits per heavy atom. The second-order valence-corrected chi connectivity index (χ2v) is 10.6. The first-order chi connectivity index (χ1) is 21.2. The van der Waals surface area contributed by atoms with Crippen molar-refractivity contribution in [3.8, 4) is 11.5 Å². The van der Waals surface area contributed by atoms with Gasteiger partial charge in [0.25, 0.3) is 0 Å². The first-order valence-electron chi connectivity index (χ1n) is 14.0. The quantitative estimate of drug-likeness (QED) is 0.236. The summed E-state index contributed by atoms with van der Waals surface area (Å²) in [5.41, 5.74) is -2.01. The summed E-state index contributed by atoms with van der Waals surface area (Å²) in [5.74, 6) is -0.976. The molecule has 0 bridgehead atoms. The number of rotatable bonds is 8. The first-order valence-corrected chi connectivity index (χ1v) is 14.0. The van der Waals surface area contributed by atoms with Gasteiger partial charge in [-0.1, -0.05) is 30.3 Å². The molecule has 1 aliphatic rings. The van der Waals surface area contributed by atoms with Gasteiger partial charge >= 0.3 is 18.4 Å². The lowest BCUT2D eigenvalue weighted by Crippen LogP contribution is -2.46. The van der Waals surface area contributed by atoms with Crippen molar-refractivity contribution in [3.63, 3.8) is 0 Å². The van der Waals surface area contributed by atoms with Gasteiger partial charge in [-0.2, -0.15) is 26.3 Å². The zero-order valence-electron chi connectivity index (χ0n) is 25.0. The van der Waals surface area contributed by atoms with Crippen molar-refractivity contribution in [2.75, 3.05) is 25.7 Å². The van der Waals surface area contributed by atoms with Crippen molar-refractivity contribution < 1.29 is 50.1 Å². The summed E-state index contributed by atoms with van der Waals surface area (Å²) in [7, 11) is 2.79. The molecule has 3 aromatic rings. The molecule has 13 heteroatoms. The molecule has 0 saturated carbocycles. The average molecular weight is 639 g/mol. The summed E-state index contributed by atoms with van der Waals surface area (Å²) in [6.45, 7) is 2.80. The molecule has 45 heavy (non-hydrogen) atoms. The van der Waals surface area contributed by atoms with Gasteiger partial charge < -0.3 is 19.1 Å². The number of ether oxygens (including phenoxy) is 3. The highest BCUT2D eigenvalue weighted by atomic mass is 19.4. The van der Waals surface area contributed by atoms with Gasteiger partial charge in [0, 0.05) is 25.2 Å². The number of alkyl halides is 6. The molecule has 2 amide bonds. The fraction of sp³-hybridized carbons (Fsp3) is 0.375. The van der Waals surface area contributed by atoms with Crippen LogP contribution in [0.5, 0.6) is 11.5 Å². The molecular formula is C32H32F6N2O5. The number of nitrogens with zero attached hydrogens (tertiary/aromatic N) is 2. The molecule has 1 aliphatic heterocycles. The minimum atomic E-state index is -5.05. The van der Waals surface area contributed by atoms with E-state index in [9.17, 15) is 35.9 Å². The van der Waals surface area contributed by atoms with Crippen LogP contribution in [0.1, 0.15) is 54.0 Å². The van der Waals surface area contributed by atoms with Crippen LogP contribution in [-0.2, 0) is 35.0 Å². The molecule has 0 aromatic heterocycles. The molecular weight excluding hydrogens is 606 g/mol. The van der Waals surface area contributed by atoms with Gasteiger partial charge in [-0.25, -0.2) is 4.79 Å². The van der Waals surface area contributed by atoms with E-state index in [0.29, 0.717) is 28.9 Å². The molecule has 7 nitrogen and oxygen atoms in total. The maximum atomic E-state index is 14.4. The predicted molar refractivity (Wildman–Crippen MR) is 153 cm³/mol. The largest absolute Gasteiger partial charge is 0.493 e. The fourth-order valence-electron chi connectivity index (χ4n) is 5.45. The summed E-state index contributed by atoms with van der Waals surface area (Å²) in [5, 5.41) is 0. The van der Waals surface area contributed by atoms with Crippen LogP contribution < -0.4 is 14.4 Å². The van der Waals surface area contributed by atoms with Gasteiger partial charge in [-0.3, -0.25) is 9.69 Å². The molecule has 2 unspecified atom stereocenters. The number of carbonyl (C=O) groups excluding carboxylic acids is 2. The van der Waals surface area contributed by atoms with Gasteiger partial charge in [0.05, 0.1) is 43.6 Å². The van der Waals surface area contributed by atoms with Crippen LogP contribution in [0.15, 0.2) is 60.7 Å². The number of amides is 2. The highest BCUT2D eigenvalue weighted by Gasteiger charge is 2.41. The molecule has 1 heterocycles. The highest BCUT2D eigenvalue weighted by Crippen LogP contribution is 2.46. The Morgan fingerprint density at radius 3 is 1.93 bits per heavy atom. The Morgan fingerprint density at radius 2 is 1.40 bits per heavy atom. The summed E-state index contributed by atoms with van der Waals surface area (Å²) >= 11 is 0. The average Bonchev–Trinajstić information content (AvgIpc) is 2.98. The molecule has 242 valence electrons. The number of fused-ring (bicyclic) bond motifs is 1. The number of benzene rings is 3. The van der Waals surface area contributed by atoms with Crippen LogP contribution in [0.2, 0.25) is 0 Å². The second kappa shape index (κ2) is 13.3. The lowest BCUT2D eigenvalue weighted by Gasteiger charge is -2.40. The van der Waals surface area contributed by atoms with E-state index in [4.69, 9.17) is 14.2 Å². The fourth-order valence-corrected chi connectivity index (χ4v) is 5.45. The third-order valence-corrected chi connectivity index (χ3v) is 7.50. The van der Waals surface area contributed by atoms with Gasteiger partial charge in [-0.15, -0.1) is 0 Å². The molecule has 0 spiro atoms. The highest BCUT2D eigenvalue weighted by molar-refractivity contribution is 5.95. The van der Waals surface area contributed by atoms with Crippen molar-refractivity contribution in [1.82, 2.24) is 4.90 Å². The van der Waals surface area contributed by atoms with Crippen LogP contribution in [0.4, 0.5) is 36.8 Å². The third-order valence-electron chi connectivity index (χ3n) is 7.50. The Balaban J connectivity index is 1.84. The Labute approximate surface area is 256 Å². The van der Waals surface area contributed by atoms with Crippen molar-refractivity contribution >= 4 is 17.7 Å². The molecule has 0 fully saturated rings. The number of halogens is 6.